The second kappa shape index (κ2) is 8.04. The van der Waals surface area contributed by atoms with Crippen molar-refractivity contribution in [2.75, 3.05) is 11.9 Å². The maximum Gasteiger partial charge on any atom is 0.410 e. The number of amides is 2. The lowest BCUT2D eigenvalue weighted by Gasteiger charge is -2.23. The average Bonchev–Trinajstić information content (AvgIpc) is 3.42. The van der Waals surface area contributed by atoms with Gasteiger partial charge < -0.3 is 19.5 Å². The third-order valence-electron chi connectivity index (χ3n) is 5.58. The predicted octanol–water partition coefficient (Wildman–Crippen LogP) is 2.84. The van der Waals surface area contributed by atoms with Gasteiger partial charge in [-0.15, -0.1) is 0 Å². The van der Waals surface area contributed by atoms with Crippen LogP contribution in [0.1, 0.15) is 56.3 Å². The zero-order chi connectivity index (χ0) is 19.5. The van der Waals surface area contributed by atoms with E-state index in [0.29, 0.717) is 11.5 Å². The molecule has 2 amide bonds. The topological polar surface area (TPSA) is 113 Å². The van der Waals surface area contributed by atoms with Crippen molar-refractivity contribution < 1.29 is 18.8 Å². The highest BCUT2D eigenvalue weighted by Gasteiger charge is 2.33. The van der Waals surface area contributed by atoms with Gasteiger partial charge in [0.25, 0.3) is 0 Å². The maximum absolute atomic E-state index is 12.3. The van der Waals surface area contributed by atoms with E-state index in [2.05, 4.69) is 27.6 Å². The Kier molecular flexibility index (Phi) is 5.31. The molecule has 2 fully saturated rings. The predicted molar refractivity (Wildman–Crippen MR) is 99.7 cm³/mol. The summed E-state index contributed by atoms with van der Waals surface area (Å²) < 4.78 is 10.4. The summed E-state index contributed by atoms with van der Waals surface area (Å²) in [7, 11) is 0. The first-order chi connectivity index (χ1) is 13.6. The van der Waals surface area contributed by atoms with Gasteiger partial charge in [0.05, 0.1) is 12.1 Å². The molecule has 2 aromatic heterocycles. The molecular formula is C19H25N5O4. The van der Waals surface area contributed by atoms with Crippen LogP contribution in [0.15, 0.2) is 22.9 Å². The Labute approximate surface area is 162 Å². The summed E-state index contributed by atoms with van der Waals surface area (Å²) in [5.41, 5.74) is 1.52. The molecule has 150 valence electrons. The minimum atomic E-state index is -0.204. The number of hydrogen-bond acceptors (Lipinski definition) is 6. The van der Waals surface area contributed by atoms with Crippen molar-refractivity contribution in [3.63, 3.8) is 0 Å². The number of H-pyrrole nitrogens is 1. The molecule has 1 aliphatic carbocycles. The van der Waals surface area contributed by atoms with Crippen LogP contribution < -0.4 is 5.32 Å². The molecule has 1 aliphatic heterocycles. The molecule has 0 radical (unpaired) electrons. The highest BCUT2D eigenvalue weighted by Crippen LogP contribution is 2.36. The summed E-state index contributed by atoms with van der Waals surface area (Å²) in [5, 5.41) is 13.6. The average molecular weight is 387 g/mol. The molecular weight excluding hydrogens is 362 g/mol. The van der Waals surface area contributed by atoms with E-state index < -0.39 is 0 Å². The Balaban J connectivity index is 1.27. The molecule has 3 atom stereocenters. The Morgan fingerprint density at radius 1 is 1.39 bits per heavy atom. The minimum absolute atomic E-state index is 0.0705. The van der Waals surface area contributed by atoms with Crippen molar-refractivity contribution in [1.82, 2.24) is 20.3 Å². The molecule has 28 heavy (non-hydrogen) atoms. The fourth-order valence-electron chi connectivity index (χ4n) is 4.03. The van der Waals surface area contributed by atoms with E-state index in [-0.39, 0.29) is 36.5 Å². The fraction of sp³-hybridized carbons (Fsp3) is 0.579. The monoisotopic (exact) mass is 387 g/mol. The molecule has 1 saturated carbocycles. The highest BCUT2D eigenvalue weighted by molar-refractivity contribution is 5.91. The number of rotatable bonds is 5. The molecule has 0 spiro atoms. The van der Waals surface area contributed by atoms with Crippen molar-refractivity contribution in [1.29, 1.82) is 0 Å². The largest absolute Gasteiger partial charge is 0.446 e. The third kappa shape index (κ3) is 4.18. The van der Waals surface area contributed by atoms with Gasteiger partial charge in [0.1, 0.15) is 12.4 Å². The quantitative estimate of drug-likeness (QED) is 0.815. The summed E-state index contributed by atoms with van der Waals surface area (Å²) in [6.07, 6.45) is 5.92. The molecule has 0 bridgehead atoms. The van der Waals surface area contributed by atoms with Crippen molar-refractivity contribution in [3.8, 4) is 0 Å². The first-order valence-corrected chi connectivity index (χ1v) is 9.80. The number of anilines is 1. The first kappa shape index (κ1) is 18.5. The Morgan fingerprint density at radius 2 is 2.29 bits per heavy atom. The van der Waals surface area contributed by atoms with Crippen molar-refractivity contribution in [2.45, 2.75) is 63.5 Å². The molecule has 2 N–H and O–H groups in total. The Bertz CT molecular complexity index is 818. The molecule has 2 aromatic rings. The zero-order valence-electron chi connectivity index (χ0n) is 15.9. The van der Waals surface area contributed by atoms with Gasteiger partial charge in [-0.05, 0) is 39.0 Å². The smallest absolute Gasteiger partial charge is 0.410 e. The lowest BCUT2D eigenvalue weighted by atomic mass is 10.0. The first-order valence-electron chi connectivity index (χ1n) is 9.80. The molecule has 0 aromatic carbocycles. The number of carbonyl (C=O) groups excluding carboxylic acids is 2. The number of ether oxygens (including phenoxy) is 1. The Hall–Kier alpha value is -2.84. The van der Waals surface area contributed by atoms with Crippen LogP contribution >= 0.6 is 0 Å². The summed E-state index contributed by atoms with van der Waals surface area (Å²) >= 11 is 0. The minimum Gasteiger partial charge on any atom is -0.446 e. The molecule has 3 heterocycles. The van der Waals surface area contributed by atoms with Gasteiger partial charge >= 0.3 is 6.09 Å². The normalized spacial score (nSPS) is 24.5. The summed E-state index contributed by atoms with van der Waals surface area (Å²) in [5.74, 6) is 0.516. The number of nitrogens with zero attached hydrogens (tertiary/aromatic N) is 3. The van der Waals surface area contributed by atoms with Gasteiger partial charge in [0.2, 0.25) is 5.91 Å². The van der Waals surface area contributed by atoms with Crippen LogP contribution in [-0.4, -0.2) is 50.9 Å². The second-order valence-electron chi connectivity index (χ2n) is 7.62. The van der Waals surface area contributed by atoms with E-state index in [1.54, 1.807) is 6.07 Å². The number of aromatic nitrogens is 3. The SMILES string of the molecule is C[C@H]1CCCN1C(=O)O[C@@H]1CC[C@H](c2cc(NC(=O)Cc3ccon3)n[nH]2)C1. The van der Waals surface area contributed by atoms with Crippen LogP contribution in [0, 0.1) is 0 Å². The van der Waals surface area contributed by atoms with Crippen LogP contribution in [0.3, 0.4) is 0 Å². The van der Waals surface area contributed by atoms with Crippen molar-refractivity contribution in [3.05, 3.63) is 29.8 Å². The van der Waals surface area contributed by atoms with Crippen LogP contribution in [-0.2, 0) is 16.0 Å². The van der Waals surface area contributed by atoms with E-state index in [4.69, 9.17) is 9.26 Å². The van der Waals surface area contributed by atoms with Crippen molar-refractivity contribution in [2.24, 2.45) is 0 Å². The number of hydrogen-bond donors (Lipinski definition) is 2. The van der Waals surface area contributed by atoms with Gasteiger partial charge in [0.15, 0.2) is 5.82 Å². The van der Waals surface area contributed by atoms with Crippen LogP contribution in [0.5, 0.6) is 0 Å². The number of likely N-dealkylation sites (tertiary alicyclic amines) is 1. The van der Waals surface area contributed by atoms with E-state index in [1.165, 1.54) is 6.26 Å². The van der Waals surface area contributed by atoms with Gasteiger partial charge in [-0.2, -0.15) is 5.10 Å². The molecule has 4 rings (SSSR count). The lowest BCUT2D eigenvalue weighted by Crippen LogP contribution is -2.36. The van der Waals surface area contributed by atoms with E-state index >= 15 is 0 Å². The van der Waals surface area contributed by atoms with Gasteiger partial charge in [-0.1, -0.05) is 5.16 Å². The molecule has 9 heteroatoms. The molecule has 2 aliphatic rings. The summed E-state index contributed by atoms with van der Waals surface area (Å²) in [6.45, 7) is 2.85. The molecule has 0 unspecified atom stereocenters. The molecule has 1 saturated heterocycles. The Morgan fingerprint density at radius 3 is 3.04 bits per heavy atom. The van der Waals surface area contributed by atoms with Crippen LogP contribution in [0.4, 0.5) is 10.6 Å². The van der Waals surface area contributed by atoms with Gasteiger partial charge in [-0.3, -0.25) is 9.89 Å². The van der Waals surface area contributed by atoms with Crippen LogP contribution in [0.25, 0.3) is 0 Å². The zero-order valence-corrected chi connectivity index (χ0v) is 15.9. The summed E-state index contributed by atoms with van der Waals surface area (Å²) in [4.78, 5) is 26.2. The maximum atomic E-state index is 12.3. The van der Waals surface area contributed by atoms with Gasteiger partial charge in [0, 0.05) is 36.3 Å². The summed E-state index contributed by atoms with van der Waals surface area (Å²) in [6, 6.07) is 3.76. The van der Waals surface area contributed by atoms with Crippen LogP contribution in [0.2, 0.25) is 0 Å². The van der Waals surface area contributed by atoms with Crippen molar-refractivity contribution >= 4 is 17.8 Å². The highest BCUT2D eigenvalue weighted by atomic mass is 16.6. The van der Waals surface area contributed by atoms with E-state index in [1.807, 2.05) is 11.0 Å². The molecule has 9 nitrogen and oxygen atoms in total. The van der Waals surface area contributed by atoms with E-state index in [9.17, 15) is 9.59 Å². The standard InChI is InChI=1S/C19H25N5O4/c1-12-3-2-7-24(12)19(26)28-15-5-4-13(9-15)16-11-17(22-21-16)20-18(25)10-14-6-8-27-23-14/h6,8,11-13,15H,2-5,7,9-10H2,1H3,(H2,20,21,22,25)/t12-,13-,15+/m0/s1. The van der Waals surface area contributed by atoms with Gasteiger partial charge in [-0.25, -0.2) is 4.79 Å². The third-order valence-corrected chi connectivity index (χ3v) is 5.58. The lowest BCUT2D eigenvalue weighted by molar-refractivity contribution is -0.115. The number of aromatic amines is 1. The second-order valence-corrected chi connectivity index (χ2v) is 7.62. The van der Waals surface area contributed by atoms with E-state index in [0.717, 1.165) is 44.3 Å². The fourth-order valence-corrected chi connectivity index (χ4v) is 4.03. The number of nitrogens with one attached hydrogen (secondary N) is 2. The number of carbonyl (C=O) groups is 2.